The number of ketones is 1. The van der Waals surface area contributed by atoms with Gasteiger partial charge in [0.25, 0.3) is 0 Å². The van der Waals surface area contributed by atoms with Gasteiger partial charge in [-0.3, -0.25) is 9.59 Å². The fourth-order valence-electron chi connectivity index (χ4n) is 1.34. The molecule has 0 unspecified atom stereocenters. The van der Waals surface area contributed by atoms with Crippen molar-refractivity contribution in [3.05, 3.63) is 29.8 Å². The Labute approximate surface area is 111 Å². The van der Waals surface area contributed by atoms with Gasteiger partial charge in [0.2, 0.25) is 5.91 Å². The van der Waals surface area contributed by atoms with Crippen molar-refractivity contribution in [2.75, 3.05) is 17.7 Å². The average Bonchev–Trinajstić information content (AvgIpc) is 2.36. The van der Waals surface area contributed by atoms with E-state index >= 15 is 0 Å². The van der Waals surface area contributed by atoms with Crippen LogP contribution in [0, 0.1) is 0 Å². The second-order valence-electron chi connectivity index (χ2n) is 3.86. The minimum atomic E-state index is -0.218. The molecule has 0 radical (unpaired) electrons. The summed E-state index contributed by atoms with van der Waals surface area (Å²) < 4.78 is 0. The lowest BCUT2D eigenvalue weighted by atomic mass is 10.1. The van der Waals surface area contributed by atoms with Crippen molar-refractivity contribution in [1.82, 2.24) is 0 Å². The number of Topliss-reactive ketones (excluding diaryl/α,β-unsaturated/α-hetero) is 1. The minimum Gasteiger partial charge on any atom is -0.396 e. The van der Waals surface area contributed by atoms with Crippen LogP contribution in [0.4, 0.5) is 5.69 Å². The molecule has 1 aromatic carbocycles. The second-order valence-corrected chi connectivity index (χ2v) is 5.31. The molecule has 4 nitrogen and oxygen atoms in total. The van der Waals surface area contributed by atoms with Gasteiger partial charge in [0.15, 0.2) is 5.78 Å². The van der Waals surface area contributed by atoms with E-state index in [1.807, 2.05) is 0 Å². The molecule has 0 bridgehead atoms. The lowest BCUT2D eigenvalue weighted by Crippen LogP contribution is -2.23. The summed E-state index contributed by atoms with van der Waals surface area (Å²) in [5, 5.41) is 11.2. The van der Waals surface area contributed by atoms with Crippen LogP contribution in [0.1, 0.15) is 24.2 Å². The molecule has 5 heteroatoms. The van der Waals surface area contributed by atoms with Crippen LogP contribution in [0.3, 0.4) is 0 Å². The maximum atomic E-state index is 11.8. The van der Waals surface area contributed by atoms with Gasteiger partial charge in [0.05, 0.1) is 11.9 Å². The van der Waals surface area contributed by atoms with Gasteiger partial charge >= 0.3 is 0 Å². The number of hydrogen-bond donors (Lipinski definition) is 2. The van der Waals surface area contributed by atoms with Crippen LogP contribution in [0.25, 0.3) is 0 Å². The number of thioether (sulfide) groups is 1. The van der Waals surface area contributed by atoms with Crippen molar-refractivity contribution in [2.45, 2.75) is 19.1 Å². The van der Waals surface area contributed by atoms with Crippen LogP contribution < -0.4 is 5.32 Å². The van der Waals surface area contributed by atoms with Gasteiger partial charge in [-0.05, 0) is 38.1 Å². The van der Waals surface area contributed by atoms with E-state index in [2.05, 4.69) is 5.32 Å². The molecule has 2 N–H and O–H groups in total. The number of anilines is 1. The third-order valence-corrected chi connectivity index (χ3v) is 3.52. The quantitative estimate of drug-likeness (QED) is 0.773. The summed E-state index contributed by atoms with van der Waals surface area (Å²) in [5.41, 5.74) is 1.29. The molecule has 1 amide bonds. The van der Waals surface area contributed by atoms with Crippen molar-refractivity contribution in [1.29, 1.82) is 0 Å². The first-order valence-electron chi connectivity index (χ1n) is 5.69. The first-order chi connectivity index (χ1) is 8.54. The fourth-order valence-corrected chi connectivity index (χ4v) is 2.01. The zero-order chi connectivity index (χ0) is 13.5. The SMILES string of the molecule is CC(=O)c1ccc(NC(=O)[C@H](C)SCCO)cc1. The van der Waals surface area contributed by atoms with Crippen molar-refractivity contribution in [3.8, 4) is 0 Å². The predicted octanol–water partition coefficient (Wildman–Crippen LogP) is 1.94. The number of rotatable bonds is 6. The molecule has 1 atom stereocenters. The molecule has 1 aromatic rings. The molecule has 0 aliphatic heterocycles. The highest BCUT2D eigenvalue weighted by atomic mass is 32.2. The summed E-state index contributed by atoms with van der Waals surface area (Å²) in [6.45, 7) is 3.36. The van der Waals surface area contributed by atoms with Gasteiger partial charge in [-0.2, -0.15) is 0 Å². The zero-order valence-corrected chi connectivity index (χ0v) is 11.3. The van der Waals surface area contributed by atoms with Gasteiger partial charge in [0.1, 0.15) is 0 Å². The number of carbonyl (C=O) groups excluding carboxylic acids is 2. The summed E-state index contributed by atoms with van der Waals surface area (Å²) in [6, 6.07) is 6.78. The number of aliphatic hydroxyl groups is 1. The van der Waals surface area contributed by atoms with E-state index in [-0.39, 0.29) is 23.5 Å². The van der Waals surface area contributed by atoms with E-state index in [0.717, 1.165) is 0 Å². The van der Waals surface area contributed by atoms with E-state index in [1.54, 1.807) is 31.2 Å². The van der Waals surface area contributed by atoms with Crippen molar-refractivity contribution in [2.24, 2.45) is 0 Å². The van der Waals surface area contributed by atoms with Crippen LogP contribution in [0.15, 0.2) is 24.3 Å². The van der Waals surface area contributed by atoms with Gasteiger partial charge in [-0.15, -0.1) is 11.8 Å². The lowest BCUT2D eigenvalue weighted by molar-refractivity contribution is -0.115. The summed E-state index contributed by atoms with van der Waals surface area (Å²) in [4.78, 5) is 22.8. The van der Waals surface area contributed by atoms with Crippen LogP contribution in [0.2, 0.25) is 0 Å². The third kappa shape index (κ3) is 4.50. The lowest BCUT2D eigenvalue weighted by Gasteiger charge is -2.11. The molecule has 0 fully saturated rings. The Balaban J connectivity index is 2.56. The first-order valence-corrected chi connectivity index (χ1v) is 6.74. The van der Waals surface area contributed by atoms with Gasteiger partial charge in [-0.1, -0.05) is 0 Å². The van der Waals surface area contributed by atoms with Crippen LogP contribution in [0.5, 0.6) is 0 Å². The maximum Gasteiger partial charge on any atom is 0.237 e. The normalized spacial score (nSPS) is 11.9. The predicted molar refractivity (Wildman–Crippen MR) is 74.1 cm³/mol. The smallest absolute Gasteiger partial charge is 0.237 e. The van der Waals surface area contributed by atoms with Crippen LogP contribution in [-0.4, -0.2) is 34.4 Å². The Kier molecular flexibility index (Phi) is 5.88. The van der Waals surface area contributed by atoms with E-state index in [0.29, 0.717) is 17.0 Å². The number of aliphatic hydroxyl groups excluding tert-OH is 1. The molecule has 0 aromatic heterocycles. The maximum absolute atomic E-state index is 11.8. The van der Waals surface area contributed by atoms with Crippen LogP contribution >= 0.6 is 11.8 Å². The Hall–Kier alpha value is -1.33. The Bertz CT molecular complexity index is 417. The summed E-state index contributed by atoms with van der Waals surface area (Å²) in [5.74, 6) is 0.432. The number of benzene rings is 1. The number of hydrogen-bond acceptors (Lipinski definition) is 4. The minimum absolute atomic E-state index is 0.000235. The number of amides is 1. The average molecular weight is 267 g/mol. The standard InChI is InChI=1S/C13H17NO3S/c1-9(16)11-3-5-12(6-4-11)14-13(17)10(2)18-8-7-15/h3-6,10,15H,7-8H2,1-2H3,(H,14,17)/t10-/m0/s1. The molecule has 1 rings (SSSR count). The molecular weight excluding hydrogens is 250 g/mol. The van der Waals surface area contributed by atoms with Crippen molar-refractivity contribution < 1.29 is 14.7 Å². The monoisotopic (exact) mass is 267 g/mol. The highest BCUT2D eigenvalue weighted by molar-refractivity contribution is 8.00. The Morgan fingerprint density at radius 3 is 2.44 bits per heavy atom. The molecule has 0 aliphatic rings. The summed E-state index contributed by atoms with van der Waals surface area (Å²) >= 11 is 1.40. The molecule has 0 aliphatic carbocycles. The van der Waals surface area contributed by atoms with Crippen molar-refractivity contribution >= 4 is 29.1 Å². The van der Waals surface area contributed by atoms with Crippen molar-refractivity contribution in [3.63, 3.8) is 0 Å². The molecule has 18 heavy (non-hydrogen) atoms. The molecule has 0 heterocycles. The summed E-state index contributed by atoms with van der Waals surface area (Å²) in [6.07, 6.45) is 0. The molecule has 0 spiro atoms. The fraction of sp³-hybridized carbons (Fsp3) is 0.385. The summed E-state index contributed by atoms with van der Waals surface area (Å²) in [7, 11) is 0. The van der Waals surface area contributed by atoms with Gasteiger partial charge in [0, 0.05) is 17.0 Å². The van der Waals surface area contributed by atoms with E-state index in [4.69, 9.17) is 5.11 Å². The number of carbonyl (C=O) groups is 2. The number of nitrogens with one attached hydrogen (secondary N) is 1. The van der Waals surface area contributed by atoms with E-state index in [1.165, 1.54) is 18.7 Å². The largest absolute Gasteiger partial charge is 0.396 e. The van der Waals surface area contributed by atoms with E-state index in [9.17, 15) is 9.59 Å². The van der Waals surface area contributed by atoms with Crippen LogP contribution in [-0.2, 0) is 4.79 Å². The second kappa shape index (κ2) is 7.18. The van der Waals surface area contributed by atoms with E-state index < -0.39 is 0 Å². The molecule has 0 saturated carbocycles. The van der Waals surface area contributed by atoms with Gasteiger partial charge in [-0.25, -0.2) is 0 Å². The molecule has 0 saturated heterocycles. The molecular formula is C13H17NO3S. The Morgan fingerprint density at radius 2 is 1.94 bits per heavy atom. The molecule has 98 valence electrons. The Morgan fingerprint density at radius 1 is 1.33 bits per heavy atom. The zero-order valence-electron chi connectivity index (χ0n) is 10.5. The highest BCUT2D eigenvalue weighted by Gasteiger charge is 2.13. The highest BCUT2D eigenvalue weighted by Crippen LogP contribution is 2.14. The topological polar surface area (TPSA) is 66.4 Å². The van der Waals surface area contributed by atoms with Gasteiger partial charge < -0.3 is 10.4 Å². The first kappa shape index (κ1) is 14.7. The third-order valence-electron chi connectivity index (χ3n) is 2.39.